The zero-order valence-corrected chi connectivity index (χ0v) is 9.31. The molecule has 0 atom stereocenters. The lowest BCUT2D eigenvalue weighted by atomic mass is 9.90. The fourth-order valence-electron chi connectivity index (χ4n) is 1.35. The Morgan fingerprint density at radius 2 is 1.80 bits per heavy atom. The molecule has 0 fully saturated rings. The summed E-state index contributed by atoms with van der Waals surface area (Å²) in [5.74, 6) is 0. The topological polar surface area (TPSA) is 30.7 Å². The summed E-state index contributed by atoms with van der Waals surface area (Å²) < 4.78 is 1.88. The Morgan fingerprint density at radius 3 is 2.33 bits per heavy atom. The van der Waals surface area contributed by atoms with Gasteiger partial charge < -0.3 is 0 Å². The third kappa shape index (κ3) is 2.06. The molecule has 0 bridgehead atoms. The van der Waals surface area contributed by atoms with Crippen LogP contribution in [-0.2, 0) is 5.41 Å². The van der Waals surface area contributed by atoms with Crippen molar-refractivity contribution < 1.29 is 0 Å². The third-order valence-corrected chi connectivity index (χ3v) is 2.38. The molecule has 0 saturated heterocycles. The number of pyridine rings is 1. The quantitative estimate of drug-likeness (QED) is 0.710. The van der Waals surface area contributed by atoms with Crippen LogP contribution in [0.5, 0.6) is 0 Å². The second-order valence-corrected chi connectivity index (χ2v) is 4.63. The van der Waals surface area contributed by atoms with Gasteiger partial charge in [-0.15, -0.1) is 0 Å². The van der Waals surface area contributed by atoms with Crippen LogP contribution in [0.1, 0.15) is 26.3 Å². The van der Waals surface area contributed by atoms with E-state index >= 15 is 0 Å². The number of hydrogen-bond donors (Lipinski definition) is 0. The second-order valence-electron chi connectivity index (χ2n) is 4.63. The van der Waals surface area contributed by atoms with E-state index in [-0.39, 0.29) is 5.41 Å². The molecule has 0 aliphatic rings. The molecule has 0 N–H and O–H groups in total. The van der Waals surface area contributed by atoms with Crippen molar-refractivity contribution in [3.63, 3.8) is 0 Å². The zero-order valence-electron chi connectivity index (χ0n) is 9.31. The number of nitrogens with zero attached hydrogens (tertiary/aromatic N) is 3. The molecule has 2 aromatic rings. The van der Waals surface area contributed by atoms with Crippen molar-refractivity contribution in [3.8, 4) is 5.69 Å². The number of aromatic nitrogens is 3. The monoisotopic (exact) mass is 201 g/mol. The summed E-state index contributed by atoms with van der Waals surface area (Å²) in [6.07, 6.45) is 7.53. The van der Waals surface area contributed by atoms with Crippen molar-refractivity contribution in [2.45, 2.75) is 26.2 Å². The van der Waals surface area contributed by atoms with Crippen LogP contribution in [0.15, 0.2) is 36.9 Å². The minimum atomic E-state index is 0.144. The highest BCUT2D eigenvalue weighted by atomic mass is 15.3. The Hall–Kier alpha value is -1.64. The van der Waals surface area contributed by atoms with E-state index in [4.69, 9.17) is 0 Å². The van der Waals surface area contributed by atoms with Crippen molar-refractivity contribution in [3.05, 3.63) is 42.5 Å². The Morgan fingerprint density at radius 1 is 1.13 bits per heavy atom. The summed E-state index contributed by atoms with van der Waals surface area (Å²) in [6, 6.07) is 3.89. The van der Waals surface area contributed by atoms with Gasteiger partial charge in [-0.1, -0.05) is 20.8 Å². The maximum atomic E-state index is 4.34. The second kappa shape index (κ2) is 3.50. The molecule has 0 radical (unpaired) electrons. The fourth-order valence-corrected chi connectivity index (χ4v) is 1.35. The average molecular weight is 201 g/mol. The van der Waals surface area contributed by atoms with E-state index in [1.54, 1.807) is 12.4 Å². The molecule has 15 heavy (non-hydrogen) atoms. The van der Waals surface area contributed by atoms with Gasteiger partial charge in [-0.3, -0.25) is 4.98 Å². The molecule has 0 saturated carbocycles. The molecular weight excluding hydrogens is 186 g/mol. The maximum absolute atomic E-state index is 4.34. The van der Waals surface area contributed by atoms with Crippen LogP contribution in [0.4, 0.5) is 0 Å². The van der Waals surface area contributed by atoms with Gasteiger partial charge in [0.15, 0.2) is 0 Å². The van der Waals surface area contributed by atoms with Crippen molar-refractivity contribution in [1.29, 1.82) is 0 Å². The summed E-state index contributed by atoms with van der Waals surface area (Å²) >= 11 is 0. The van der Waals surface area contributed by atoms with E-state index in [0.717, 1.165) is 5.69 Å². The van der Waals surface area contributed by atoms with Crippen LogP contribution in [-0.4, -0.2) is 14.8 Å². The van der Waals surface area contributed by atoms with Gasteiger partial charge in [0.05, 0.1) is 11.9 Å². The number of rotatable bonds is 1. The van der Waals surface area contributed by atoms with E-state index in [1.807, 2.05) is 23.0 Å². The molecule has 0 aliphatic heterocycles. The first kappa shape index (κ1) is 9.90. The standard InChI is InChI=1S/C12H15N3/c1-12(2,3)10-8-14-15(9-10)11-4-6-13-7-5-11/h4-9H,1-3H3. The Bertz CT molecular complexity index is 437. The van der Waals surface area contributed by atoms with Crippen LogP contribution in [0.3, 0.4) is 0 Å². The van der Waals surface area contributed by atoms with E-state index in [0.29, 0.717) is 0 Å². The molecule has 2 heterocycles. The van der Waals surface area contributed by atoms with Gasteiger partial charge in [-0.2, -0.15) is 5.10 Å². The van der Waals surface area contributed by atoms with Crippen LogP contribution >= 0.6 is 0 Å². The van der Waals surface area contributed by atoms with Crippen molar-refractivity contribution >= 4 is 0 Å². The maximum Gasteiger partial charge on any atom is 0.0676 e. The number of hydrogen-bond acceptors (Lipinski definition) is 2. The molecule has 2 rings (SSSR count). The molecule has 0 aliphatic carbocycles. The first-order valence-corrected chi connectivity index (χ1v) is 5.03. The lowest BCUT2D eigenvalue weighted by Gasteiger charge is -2.14. The van der Waals surface area contributed by atoms with Crippen molar-refractivity contribution in [1.82, 2.24) is 14.8 Å². The van der Waals surface area contributed by atoms with Gasteiger partial charge >= 0.3 is 0 Å². The third-order valence-electron chi connectivity index (χ3n) is 2.38. The van der Waals surface area contributed by atoms with Gasteiger partial charge in [0, 0.05) is 18.6 Å². The lowest BCUT2D eigenvalue weighted by Crippen LogP contribution is -2.09. The average Bonchev–Trinajstić information content (AvgIpc) is 2.67. The lowest BCUT2D eigenvalue weighted by molar-refractivity contribution is 0.590. The molecule has 3 heteroatoms. The predicted octanol–water partition coefficient (Wildman–Crippen LogP) is 2.56. The fraction of sp³-hybridized carbons (Fsp3) is 0.333. The van der Waals surface area contributed by atoms with Gasteiger partial charge in [0.25, 0.3) is 0 Å². The van der Waals surface area contributed by atoms with Gasteiger partial charge in [-0.25, -0.2) is 4.68 Å². The normalized spacial score (nSPS) is 11.7. The predicted molar refractivity (Wildman–Crippen MR) is 60.1 cm³/mol. The molecule has 78 valence electrons. The zero-order chi connectivity index (χ0) is 10.9. The van der Waals surface area contributed by atoms with Crippen LogP contribution in [0.25, 0.3) is 5.69 Å². The van der Waals surface area contributed by atoms with E-state index in [1.165, 1.54) is 5.56 Å². The molecule has 2 aromatic heterocycles. The van der Waals surface area contributed by atoms with E-state index in [2.05, 4.69) is 37.1 Å². The van der Waals surface area contributed by atoms with Crippen LogP contribution < -0.4 is 0 Å². The molecular formula is C12H15N3. The summed E-state index contributed by atoms with van der Waals surface area (Å²) in [4.78, 5) is 3.99. The Kier molecular flexibility index (Phi) is 2.31. The molecule has 0 amide bonds. The highest BCUT2D eigenvalue weighted by Crippen LogP contribution is 2.21. The summed E-state index contributed by atoms with van der Waals surface area (Å²) in [6.45, 7) is 6.54. The summed E-state index contributed by atoms with van der Waals surface area (Å²) in [7, 11) is 0. The minimum Gasteiger partial charge on any atom is -0.265 e. The molecule has 0 unspecified atom stereocenters. The molecule has 3 nitrogen and oxygen atoms in total. The van der Waals surface area contributed by atoms with E-state index in [9.17, 15) is 0 Å². The van der Waals surface area contributed by atoms with Gasteiger partial charge in [-0.05, 0) is 23.1 Å². The first-order valence-electron chi connectivity index (χ1n) is 5.03. The Labute approximate surface area is 89.8 Å². The summed E-state index contributed by atoms with van der Waals surface area (Å²) in [5.41, 5.74) is 2.42. The summed E-state index contributed by atoms with van der Waals surface area (Å²) in [5, 5.41) is 4.34. The Balaban J connectivity index is 2.37. The van der Waals surface area contributed by atoms with E-state index < -0.39 is 0 Å². The van der Waals surface area contributed by atoms with Gasteiger partial charge in [0.2, 0.25) is 0 Å². The molecule has 0 aromatic carbocycles. The SMILES string of the molecule is CC(C)(C)c1cnn(-c2ccncc2)c1. The first-order chi connectivity index (χ1) is 7.07. The smallest absolute Gasteiger partial charge is 0.0676 e. The minimum absolute atomic E-state index is 0.144. The highest BCUT2D eigenvalue weighted by molar-refractivity contribution is 5.29. The van der Waals surface area contributed by atoms with Gasteiger partial charge in [0.1, 0.15) is 0 Å². The van der Waals surface area contributed by atoms with Crippen LogP contribution in [0.2, 0.25) is 0 Å². The van der Waals surface area contributed by atoms with Crippen LogP contribution in [0, 0.1) is 0 Å². The largest absolute Gasteiger partial charge is 0.265 e. The molecule has 0 spiro atoms. The van der Waals surface area contributed by atoms with Crippen molar-refractivity contribution in [2.75, 3.05) is 0 Å². The van der Waals surface area contributed by atoms with Crippen molar-refractivity contribution in [2.24, 2.45) is 0 Å². The highest BCUT2D eigenvalue weighted by Gasteiger charge is 2.15.